The standard InChI is InChI=1S/C19H28FN3O.HI/c1-3-21-18(23(2)12-15-8-11-24-13-15)22-14-19(9-10-19)16-4-6-17(20)7-5-16;/h4-7,15H,3,8-14H2,1-2H3,(H,21,22);1H. The van der Waals surface area contributed by atoms with Gasteiger partial charge >= 0.3 is 0 Å². The molecule has 0 amide bonds. The van der Waals surface area contributed by atoms with E-state index < -0.39 is 0 Å². The SMILES string of the molecule is CCNC(=NCC1(c2ccc(F)cc2)CC1)N(C)CC1CCOC1.I. The number of guanidine groups is 1. The zero-order valence-electron chi connectivity index (χ0n) is 15.1. The zero-order chi connectivity index (χ0) is 17.0. The summed E-state index contributed by atoms with van der Waals surface area (Å²) >= 11 is 0. The second-order valence-corrected chi connectivity index (χ2v) is 7.07. The molecule has 140 valence electrons. The monoisotopic (exact) mass is 461 g/mol. The topological polar surface area (TPSA) is 36.9 Å². The first-order valence-electron chi connectivity index (χ1n) is 8.96. The van der Waals surface area contributed by atoms with E-state index in [-0.39, 0.29) is 35.2 Å². The van der Waals surface area contributed by atoms with Crippen molar-refractivity contribution in [2.24, 2.45) is 10.9 Å². The Bertz CT molecular complexity index is 569. The van der Waals surface area contributed by atoms with Crippen LogP contribution in [0.25, 0.3) is 0 Å². The van der Waals surface area contributed by atoms with E-state index in [0.717, 1.165) is 58.1 Å². The van der Waals surface area contributed by atoms with Crippen LogP contribution in [0.15, 0.2) is 29.3 Å². The molecule has 1 N–H and O–H groups in total. The van der Waals surface area contributed by atoms with Crippen LogP contribution >= 0.6 is 24.0 Å². The van der Waals surface area contributed by atoms with Crippen LogP contribution in [-0.4, -0.2) is 50.8 Å². The molecule has 1 aromatic carbocycles. The number of nitrogens with one attached hydrogen (secondary N) is 1. The molecule has 1 saturated carbocycles. The maximum atomic E-state index is 13.2. The molecule has 1 aromatic rings. The van der Waals surface area contributed by atoms with Crippen molar-refractivity contribution < 1.29 is 9.13 Å². The van der Waals surface area contributed by atoms with Crippen LogP contribution in [0.1, 0.15) is 31.7 Å². The Balaban J connectivity index is 0.00000225. The molecule has 0 bridgehead atoms. The number of benzene rings is 1. The Morgan fingerprint density at radius 1 is 1.36 bits per heavy atom. The molecule has 2 fully saturated rings. The Labute approximate surface area is 167 Å². The largest absolute Gasteiger partial charge is 0.381 e. The van der Waals surface area contributed by atoms with Gasteiger partial charge in [0.2, 0.25) is 0 Å². The molecule has 1 saturated heterocycles. The lowest BCUT2D eigenvalue weighted by Gasteiger charge is -2.25. The number of hydrogen-bond donors (Lipinski definition) is 1. The van der Waals surface area contributed by atoms with Crippen LogP contribution in [0, 0.1) is 11.7 Å². The fourth-order valence-electron chi connectivity index (χ4n) is 3.39. The molecule has 2 aliphatic rings. The molecule has 25 heavy (non-hydrogen) atoms. The van der Waals surface area contributed by atoms with Crippen LogP contribution < -0.4 is 5.32 Å². The van der Waals surface area contributed by atoms with Gasteiger partial charge in [0.15, 0.2) is 5.96 Å². The molecular weight excluding hydrogens is 432 g/mol. The van der Waals surface area contributed by atoms with E-state index in [2.05, 4.69) is 24.2 Å². The lowest BCUT2D eigenvalue weighted by Crippen LogP contribution is -2.42. The van der Waals surface area contributed by atoms with Crippen molar-refractivity contribution in [1.82, 2.24) is 10.2 Å². The predicted octanol–water partition coefficient (Wildman–Crippen LogP) is 3.41. The first-order chi connectivity index (χ1) is 11.6. The molecule has 0 aromatic heterocycles. The third-order valence-electron chi connectivity index (χ3n) is 5.09. The maximum Gasteiger partial charge on any atom is 0.193 e. The minimum Gasteiger partial charge on any atom is -0.381 e. The Kier molecular flexibility index (Phi) is 7.49. The van der Waals surface area contributed by atoms with Gasteiger partial charge in [-0.3, -0.25) is 4.99 Å². The zero-order valence-corrected chi connectivity index (χ0v) is 17.5. The fourth-order valence-corrected chi connectivity index (χ4v) is 3.39. The van der Waals surface area contributed by atoms with E-state index in [1.807, 2.05) is 12.1 Å². The molecule has 0 spiro atoms. The summed E-state index contributed by atoms with van der Waals surface area (Å²) in [7, 11) is 2.09. The highest BCUT2D eigenvalue weighted by Gasteiger charge is 2.44. The third-order valence-corrected chi connectivity index (χ3v) is 5.09. The summed E-state index contributed by atoms with van der Waals surface area (Å²) in [6.45, 7) is 6.40. The average Bonchev–Trinajstić information content (AvgIpc) is 3.20. The Hall–Kier alpha value is -0.890. The Morgan fingerprint density at radius 2 is 2.08 bits per heavy atom. The van der Waals surface area contributed by atoms with Crippen LogP contribution in [0.5, 0.6) is 0 Å². The predicted molar refractivity (Wildman–Crippen MR) is 110 cm³/mol. The van der Waals surface area contributed by atoms with Crippen molar-refractivity contribution in [3.8, 4) is 0 Å². The second-order valence-electron chi connectivity index (χ2n) is 7.07. The number of aliphatic imine (C=N–C) groups is 1. The summed E-state index contributed by atoms with van der Waals surface area (Å²) in [6.07, 6.45) is 3.38. The minimum absolute atomic E-state index is 0. The summed E-state index contributed by atoms with van der Waals surface area (Å²) in [4.78, 5) is 7.10. The molecule has 6 heteroatoms. The van der Waals surface area contributed by atoms with Gasteiger partial charge in [0, 0.05) is 38.1 Å². The summed E-state index contributed by atoms with van der Waals surface area (Å²) in [5, 5.41) is 3.39. The van der Waals surface area contributed by atoms with E-state index in [1.54, 1.807) is 12.1 Å². The Morgan fingerprint density at radius 3 is 2.64 bits per heavy atom. The van der Waals surface area contributed by atoms with Gasteiger partial charge in [0.05, 0.1) is 13.2 Å². The molecule has 1 aliphatic carbocycles. The van der Waals surface area contributed by atoms with Crippen molar-refractivity contribution in [1.29, 1.82) is 0 Å². The summed E-state index contributed by atoms with van der Waals surface area (Å²) in [5.74, 6) is 1.37. The van der Waals surface area contributed by atoms with Crippen molar-refractivity contribution in [3.05, 3.63) is 35.6 Å². The number of halogens is 2. The average molecular weight is 461 g/mol. The van der Waals surface area contributed by atoms with E-state index in [0.29, 0.717) is 5.92 Å². The highest BCUT2D eigenvalue weighted by molar-refractivity contribution is 14.0. The molecule has 4 nitrogen and oxygen atoms in total. The highest BCUT2D eigenvalue weighted by Crippen LogP contribution is 2.48. The van der Waals surface area contributed by atoms with Crippen molar-refractivity contribution >= 4 is 29.9 Å². The van der Waals surface area contributed by atoms with Gasteiger partial charge in [-0.15, -0.1) is 24.0 Å². The van der Waals surface area contributed by atoms with Crippen LogP contribution in [0.3, 0.4) is 0 Å². The smallest absolute Gasteiger partial charge is 0.193 e. The summed E-state index contributed by atoms with van der Waals surface area (Å²) in [6, 6.07) is 6.92. The summed E-state index contributed by atoms with van der Waals surface area (Å²) in [5.41, 5.74) is 1.31. The van der Waals surface area contributed by atoms with E-state index in [1.165, 1.54) is 5.56 Å². The molecule has 0 radical (unpaired) electrons. The van der Waals surface area contributed by atoms with Gasteiger partial charge in [-0.1, -0.05) is 12.1 Å². The molecule has 1 heterocycles. The first-order valence-corrected chi connectivity index (χ1v) is 8.96. The van der Waals surface area contributed by atoms with Crippen LogP contribution in [0.2, 0.25) is 0 Å². The summed E-state index contributed by atoms with van der Waals surface area (Å²) < 4.78 is 18.6. The van der Waals surface area contributed by atoms with Gasteiger partial charge in [-0.2, -0.15) is 0 Å². The normalized spacial score (nSPS) is 21.6. The van der Waals surface area contributed by atoms with Crippen LogP contribution in [-0.2, 0) is 10.2 Å². The fraction of sp³-hybridized carbons (Fsp3) is 0.632. The molecule has 1 unspecified atom stereocenters. The number of hydrogen-bond acceptors (Lipinski definition) is 2. The van der Waals surface area contributed by atoms with Gasteiger partial charge in [-0.05, 0) is 43.9 Å². The van der Waals surface area contributed by atoms with Crippen molar-refractivity contribution in [2.75, 3.05) is 39.9 Å². The van der Waals surface area contributed by atoms with E-state index >= 15 is 0 Å². The number of nitrogens with zero attached hydrogens (tertiary/aromatic N) is 2. The van der Waals surface area contributed by atoms with Crippen LogP contribution in [0.4, 0.5) is 4.39 Å². The molecule has 1 aliphatic heterocycles. The van der Waals surface area contributed by atoms with E-state index in [4.69, 9.17) is 9.73 Å². The number of ether oxygens (including phenoxy) is 1. The lowest BCUT2D eigenvalue weighted by atomic mass is 9.96. The molecule has 1 atom stereocenters. The lowest BCUT2D eigenvalue weighted by molar-refractivity contribution is 0.181. The van der Waals surface area contributed by atoms with E-state index in [9.17, 15) is 4.39 Å². The van der Waals surface area contributed by atoms with Gasteiger partial charge in [0.1, 0.15) is 5.82 Å². The van der Waals surface area contributed by atoms with Crippen molar-refractivity contribution in [2.45, 2.75) is 31.6 Å². The third kappa shape index (κ3) is 5.29. The molecular formula is C19H29FIN3O. The van der Waals surface area contributed by atoms with Crippen molar-refractivity contribution in [3.63, 3.8) is 0 Å². The van der Waals surface area contributed by atoms with Gasteiger partial charge in [-0.25, -0.2) is 4.39 Å². The highest BCUT2D eigenvalue weighted by atomic mass is 127. The van der Waals surface area contributed by atoms with Gasteiger partial charge in [0.25, 0.3) is 0 Å². The molecule has 3 rings (SSSR count). The number of rotatable bonds is 6. The maximum absolute atomic E-state index is 13.2. The van der Waals surface area contributed by atoms with Gasteiger partial charge < -0.3 is 15.0 Å². The minimum atomic E-state index is -0.176. The quantitative estimate of drug-likeness (QED) is 0.401. The first kappa shape index (κ1) is 20.4. The second kappa shape index (κ2) is 9.16.